The van der Waals surface area contributed by atoms with Gasteiger partial charge in [0, 0.05) is 12.6 Å². The van der Waals surface area contributed by atoms with Crippen LogP contribution in [0, 0.1) is 0 Å². The van der Waals surface area contributed by atoms with Gasteiger partial charge in [-0.15, -0.1) is 0 Å². The quantitative estimate of drug-likeness (QED) is 0.902. The molecule has 0 spiro atoms. The number of fused-ring (bicyclic) bond motifs is 1. The molecule has 3 atom stereocenters. The fourth-order valence-corrected chi connectivity index (χ4v) is 4.29. The zero-order valence-corrected chi connectivity index (χ0v) is 13.5. The van der Waals surface area contributed by atoms with E-state index in [1.807, 2.05) is 0 Å². The summed E-state index contributed by atoms with van der Waals surface area (Å²) in [5.74, 6) is 0.690. The van der Waals surface area contributed by atoms with Crippen molar-refractivity contribution < 1.29 is 4.74 Å². The normalized spacial score (nSPS) is 30.7. The van der Waals surface area contributed by atoms with Crippen molar-refractivity contribution in [3.05, 3.63) is 35.4 Å². The van der Waals surface area contributed by atoms with Gasteiger partial charge in [-0.25, -0.2) is 0 Å². The molecule has 2 nitrogen and oxygen atoms in total. The number of rotatable bonds is 4. The van der Waals surface area contributed by atoms with Crippen molar-refractivity contribution in [1.29, 1.82) is 0 Å². The summed E-state index contributed by atoms with van der Waals surface area (Å²) in [6.07, 6.45) is 8.82. The first-order valence-corrected chi connectivity index (χ1v) is 8.62. The minimum atomic E-state index is 0.0133. The molecule has 3 rings (SSSR count). The molecule has 1 aromatic carbocycles. The predicted molar refractivity (Wildman–Crippen MR) is 87.8 cm³/mol. The Labute approximate surface area is 129 Å². The summed E-state index contributed by atoms with van der Waals surface area (Å²) in [6.45, 7) is 3.23. The maximum atomic E-state index is 6.19. The Morgan fingerprint density at radius 1 is 1.29 bits per heavy atom. The molecule has 0 radical (unpaired) electrons. The first-order valence-electron chi connectivity index (χ1n) is 8.62. The van der Waals surface area contributed by atoms with Crippen LogP contribution in [0.25, 0.3) is 0 Å². The third-order valence-electron chi connectivity index (χ3n) is 5.60. The van der Waals surface area contributed by atoms with Crippen LogP contribution in [0.3, 0.4) is 0 Å². The van der Waals surface area contributed by atoms with Crippen molar-refractivity contribution in [2.24, 2.45) is 0 Å². The molecule has 0 bridgehead atoms. The van der Waals surface area contributed by atoms with Crippen molar-refractivity contribution in [2.45, 2.75) is 69.4 Å². The van der Waals surface area contributed by atoms with E-state index in [0.29, 0.717) is 12.0 Å². The van der Waals surface area contributed by atoms with Gasteiger partial charge in [-0.3, -0.25) is 0 Å². The summed E-state index contributed by atoms with van der Waals surface area (Å²) in [6, 6.07) is 9.49. The number of hydrogen-bond acceptors (Lipinski definition) is 2. The zero-order valence-electron chi connectivity index (χ0n) is 13.5. The molecule has 1 aliphatic carbocycles. The van der Waals surface area contributed by atoms with Crippen LogP contribution in [-0.2, 0) is 11.2 Å². The second-order valence-corrected chi connectivity index (χ2v) is 6.98. The Morgan fingerprint density at radius 2 is 2.14 bits per heavy atom. The molecule has 1 heterocycles. The molecule has 116 valence electrons. The third-order valence-corrected chi connectivity index (χ3v) is 5.60. The summed E-state index contributed by atoms with van der Waals surface area (Å²) in [5.41, 5.74) is 3.17. The van der Waals surface area contributed by atoms with E-state index in [1.165, 1.54) is 44.9 Å². The van der Waals surface area contributed by atoms with Crippen LogP contribution >= 0.6 is 0 Å². The summed E-state index contributed by atoms with van der Waals surface area (Å²) >= 11 is 0. The molecule has 3 unspecified atom stereocenters. The third kappa shape index (κ3) is 3.17. The van der Waals surface area contributed by atoms with Gasteiger partial charge in [0.05, 0.1) is 5.60 Å². The molecule has 0 saturated carbocycles. The smallest absolute Gasteiger partial charge is 0.0806 e. The molecule has 0 aromatic heterocycles. The Kier molecular flexibility index (Phi) is 4.66. The van der Waals surface area contributed by atoms with Gasteiger partial charge in [0.15, 0.2) is 0 Å². The molecular weight excluding hydrogens is 258 g/mol. The van der Waals surface area contributed by atoms with Crippen LogP contribution in [0.4, 0.5) is 0 Å². The Morgan fingerprint density at radius 3 is 2.90 bits per heavy atom. The lowest BCUT2D eigenvalue weighted by molar-refractivity contribution is -0.0900. The van der Waals surface area contributed by atoms with Crippen LogP contribution in [0.2, 0.25) is 0 Å². The van der Waals surface area contributed by atoms with E-state index in [1.54, 1.807) is 11.1 Å². The van der Waals surface area contributed by atoms with Gasteiger partial charge in [0.2, 0.25) is 0 Å². The summed E-state index contributed by atoms with van der Waals surface area (Å²) in [4.78, 5) is 0. The van der Waals surface area contributed by atoms with Gasteiger partial charge < -0.3 is 10.1 Å². The van der Waals surface area contributed by atoms with Crippen molar-refractivity contribution in [3.63, 3.8) is 0 Å². The van der Waals surface area contributed by atoms with Gasteiger partial charge in [0.1, 0.15) is 0 Å². The molecule has 21 heavy (non-hydrogen) atoms. The SMILES string of the molecule is CNC(CC1CCCc2ccccc21)C1(C)CCCCO1. The first-order chi connectivity index (χ1) is 10.2. The molecule has 2 heteroatoms. The van der Waals surface area contributed by atoms with E-state index in [9.17, 15) is 0 Å². The highest BCUT2D eigenvalue weighted by atomic mass is 16.5. The molecule has 1 fully saturated rings. The molecule has 2 aliphatic rings. The highest BCUT2D eigenvalue weighted by Gasteiger charge is 2.37. The Balaban J connectivity index is 1.76. The molecule has 1 aromatic rings. The fourth-order valence-electron chi connectivity index (χ4n) is 4.29. The lowest BCUT2D eigenvalue weighted by atomic mass is 9.75. The minimum absolute atomic E-state index is 0.0133. The minimum Gasteiger partial charge on any atom is -0.374 e. The molecule has 1 saturated heterocycles. The number of ether oxygens (including phenoxy) is 1. The molecular formula is C19H29NO. The van der Waals surface area contributed by atoms with Crippen molar-refractivity contribution in [3.8, 4) is 0 Å². The van der Waals surface area contributed by atoms with Crippen LogP contribution in [-0.4, -0.2) is 25.3 Å². The average Bonchev–Trinajstić information content (AvgIpc) is 2.53. The maximum Gasteiger partial charge on any atom is 0.0806 e. The average molecular weight is 287 g/mol. The predicted octanol–water partition coefficient (Wildman–Crippen LogP) is 4.04. The topological polar surface area (TPSA) is 21.3 Å². The van der Waals surface area contributed by atoms with Crippen LogP contribution < -0.4 is 5.32 Å². The fraction of sp³-hybridized carbons (Fsp3) is 0.684. The highest BCUT2D eigenvalue weighted by Crippen LogP contribution is 2.38. The van der Waals surface area contributed by atoms with Gasteiger partial charge in [-0.05, 0) is 76.0 Å². The Bertz CT molecular complexity index is 464. The molecule has 0 amide bonds. The van der Waals surface area contributed by atoms with Gasteiger partial charge in [-0.2, -0.15) is 0 Å². The van der Waals surface area contributed by atoms with E-state index in [0.717, 1.165) is 6.61 Å². The van der Waals surface area contributed by atoms with Gasteiger partial charge in [0.25, 0.3) is 0 Å². The largest absolute Gasteiger partial charge is 0.374 e. The van der Waals surface area contributed by atoms with E-state index < -0.39 is 0 Å². The number of likely N-dealkylation sites (N-methyl/N-ethyl adjacent to an activating group) is 1. The zero-order chi connectivity index (χ0) is 14.7. The Hall–Kier alpha value is -0.860. The van der Waals surface area contributed by atoms with E-state index >= 15 is 0 Å². The van der Waals surface area contributed by atoms with Crippen molar-refractivity contribution >= 4 is 0 Å². The number of aryl methyl sites for hydroxylation is 1. The molecule has 1 N–H and O–H groups in total. The highest BCUT2D eigenvalue weighted by molar-refractivity contribution is 5.32. The first kappa shape index (κ1) is 15.1. The van der Waals surface area contributed by atoms with Crippen LogP contribution in [0.15, 0.2) is 24.3 Å². The lowest BCUT2D eigenvalue weighted by Crippen LogP contribution is -2.51. The summed E-state index contributed by atoms with van der Waals surface area (Å²) < 4.78 is 6.19. The summed E-state index contributed by atoms with van der Waals surface area (Å²) in [5, 5.41) is 3.57. The number of nitrogens with one attached hydrogen (secondary N) is 1. The summed E-state index contributed by atoms with van der Waals surface area (Å²) in [7, 11) is 2.10. The van der Waals surface area contributed by atoms with E-state index in [-0.39, 0.29) is 5.60 Å². The number of hydrogen-bond donors (Lipinski definition) is 1. The van der Waals surface area contributed by atoms with E-state index in [4.69, 9.17) is 4.74 Å². The molecule has 1 aliphatic heterocycles. The van der Waals surface area contributed by atoms with Crippen molar-refractivity contribution in [1.82, 2.24) is 5.32 Å². The van der Waals surface area contributed by atoms with Gasteiger partial charge in [-0.1, -0.05) is 24.3 Å². The van der Waals surface area contributed by atoms with Crippen LogP contribution in [0.1, 0.15) is 62.5 Å². The van der Waals surface area contributed by atoms with E-state index in [2.05, 4.69) is 43.6 Å². The number of benzene rings is 1. The van der Waals surface area contributed by atoms with Crippen LogP contribution in [0.5, 0.6) is 0 Å². The second-order valence-electron chi connectivity index (χ2n) is 6.98. The monoisotopic (exact) mass is 287 g/mol. The van der Waals surface area contributed by atoms with Gasteiger partial charge >= 0.3 is 0 Å². The standard InChI is InChI=1S/C19H29NO/c1-19(12-5-6-13-21-19)18(20-2)14-16-10-7-9-15-8-3-4-11-17(15)16/h3-4,8,11,16,18,20H,5-7,9-10,12-14H2,1-2H3. The second kappa shape index (κ2) is 6.50. The lowest BCUT2D eigenvalue weighted by Gasteiger charge is -2.42. The maximum absolute atomic E-state index is 6.19. The van der Waals surface area contributed by atoms with Crippen molar-refractivity contribution in [2.75, 3.05) is 13.7 Å².